The maximum absolute atomic E-state index is 9.14. The Balaban J connectivity index is 0.00000171. The smallest absolute Gasteiger partial charge is 1.00 e. The molecule has 1 aromatic heterocycles. The van der Waals surface area contributed by atoms with E-state index in [1.807, 2.05) is 53.1 Å². The van der Waals surface area contributed by atoms with Crippen molar-refractivity contribution in [2.45, 2.75) is 19.4 Å². The van der Waals surface area contributed by atoms with Crippen LogP contribution in [0.1, 0.15) is 19.0 Å². The predicted molar refractivity (Wildman–Crippen MR) is 118 cm³/mol. The Morgan fingerprint density at radius 3 is 2.43 bits per heavy atom. The van der Waals surface area contributed by atoms with Crippen molar-refractivity contribution in [3.8, 4) is 11.8 Å². The number of aliphatic hydroxyl groups is 1. The maximum atomic E-state index is 9.14. The average Bonchev–Trinajstić information content (AvgIpc) is 3.04. The van der Waals surface area contributed by atoms with E-state index in [1.54, 1.807) is 12.1 Å². The van der Waals surface area contributed by atoms with Gasteiger partial charge in [-0.25, -0.2) is 0 Å². The summed E-state index contributed by atoms with van der Waals surface area (Å²) in [5.74, 6) is 0.630. The molecule has 150 valence electrons. The number of fused-ring (bicyclic) bond motifs is 1. The second kappa shape index (κ2) is 11.1. The largest absolute Gasteiger partial charge is 1.00 e. The van der Waals surface area contributed by atoms with E-state index < -0.39 is 0 Å². The van der Waals surface area contributed by atoms with Crippen LogP contribution in [0.15, 0.2) is 66.7 Å². The topological polar surface area (TPSA) is 47.3 Å². The molecular formula is C23H21Cl2KN2O2. The van der Waals surface area contributed by atoms with Crippen LogP contribution in [0.2, 0.25) is 10.0 Å². The molecule has 0 saturated carbocycles. The van der Waals surface area contributed by atoms with Crippen LogP contribution in [0.25, 0.3) is 11.0 Å². The molecule has 0 atom stereocenters. The molecule has 0 radical (unpaired) electrons. The summed E-state index contributed by atoms with van der Waals surface area (Å²) in [7, 11) is 0. The Hall–Kier alpha value is -0.894. The molecule has 4 nitrogen and oxygen atoms in total. The van der Waals surface area contributed by atoms with E-state index in [9.17, 15) is 0 Å². The van der Waals surface area contributed by atoms with Crippen molar-refractivity contribution in [1.82, 2.24) is 9.55 Å². The van der Waals surface area contributed by atoms with Gasteiger partial charge in [0.25, 0.3) is 0 Å². The fourth-order valence-electron chi connectivity index (χ4n) is 3.22. The van der Waals surface area contributed by atoms with Gasteiger partial charge in [0.2, 0.25) is 0 Å². The third-order valence-corrected chi connectivity index (χ3v) is 5.15. The number of aromatic nitrogens is 2. The van der Waals surface area contributed by atoms with E-state index in [4.69, 9.17) is 38.0 Å². The third kappa shape index (κ3) is 5.87. The average molecular weight is 467 g/mol. The van der Waals surface area contributed by atoms with Crippen LogP contribution in [0.4, 0.5) is 0 Å². The standard InChI is InChI=1S/C23H20Cl2N2O2.K.H/c24-18-9-6-17(7-10-18)15-27-22-13-16(3-2-12-28)8-11-21(22)26-23(27)29-20-5-1-4-19(25)14-20;;/h1,4-11,13-14,28H,2-3,12,15H2;;/q;+1;-1. The first-order chi connectivity index (χ1) is 14.1. The summed E-state index contributed by atoms with van der Waals surface area (Å²) in [6, 6.07) is 21.6. The number of rotatable bonds is 7. The molecule has 4 aromatic rings. The Morgan fingerprint density at radius 2 is 1.70 bits per heavy atom. The number of halogens is 2. The molecule has 4 rings (SSSR count). The molecule has 0 amide bonds. The second-order valence-corrected chi connectivity index (χ2v) is 7.69. The Kier molecular flexibility index (Phi) is 8.80. The van der Waals surface area contributed by atoms with E-state index in [1.165, 1.54) is 0 Å². The first kappa shape index (κ1) is 23.8. The van der Waals surface area contributed by atoms with Crippen LogP contribution in [0.3, 0.4) is 0 Å². The van der Waals surface area contributed by atoms with Gasteiger partial charge < -0.3 is 11.3 Å². The third-order valence-electron chi connectivity index (χ3n) is 4.66. The first-order valence-electron chi connectivity index (χ1n) is 9.40. The summed E-state index contributed by atoms with van der Waals surface area (Å²) in [5, 5.41) is 10.4. The van der Waals surface area contributed by atoms with Crippen molar-refractivity contribution >= 4 is 34.2 Å². The molecule has 0 bridgehead atoms. The summed E-state index contributed by atoms with van der Waals surface area (Å²) in [5.41, 5.74) is 4.07. The first-order valence-corrected chi connectivity index (χ1v) is 10.2. The van der Waals surface area contributed by atoms with Gasteiger partial charge in [0, 0.05) is 16.7 Å². The van der Waals surface area contributed by atoms with Crippen LogP contribution >= 0.6 is 23.2 Å². The zero-order valence-corrected chi connectivity index (χ0v) is 21.3. The minimum Gasteiger partial charge on any atom is -1.00 e. The van der Waals surface area contributed by atoms with Gasteiger partial charge in [-0.3, -0.25) is 4.57 Å². The van der Waals surface area contributed by atoms with Gasteiger partial charge in [0.1, 0.15) is 5.75 Å². The molecule has 0 aliphatic rings. The molecule has 0 unspecified atom stereocenters. The van der Waals surface area contributed by atoms with Crippen molar-refractivity contribution in [2.24, 2.45) is 0 Å². The Labute approximate surface area is 229 Å². The number of nitrogens with zero attached hydrogens (tertiary/aromatic N) is 2. The van der Waals surface area contributed by atoms with Crippen LogP contribution in [0.5, 0.6) is 11.8 Å². The SMILES string of the molecule is OCCCc1ccc2nc(Oc3cccc(Cl)c3)n(Cc3ccc(Cl)cc3)c2c1.[H-].[K+]. The molecule has 0 aliphatic heterocycles. The molecule has 0 saturated heterocycles. The van der Waals surface area contributed by atoms with Crippen LogP contribution < -0.4 is 56.1 Å². The van der Waals surface area contributed by atoms with Gasteiger partial charge >= 0.3 is 57.4 Å². The Morgan fingerprint density at radius 1 is 0.933 bits per heavy atom. The number of imidazole rings is 1. The fraction of sp³-hybridized carbons (Fsp3) is 0.174. The van der Waals surface area contributed by atoms with Crippen molar-refractivity contribution < 1.29 is 62.7 Å². The molecule has 0 aliphatic carbocycles. The van der Waals surface area contributed by atoms with E-state index in [0.29, 0.717) is 28.3 Å². The summed E-state index contributed by atoms with van der Waals surface area (Å²) in [6.45, 7) is 0.762. The van der Waals surface area contributed by atoms with Gasteiger partial charge in [0.15, 0.2) is 0 Å². The fourth-order valence-corrected chi connectivity index (χ4v) is 3.53. The maximum Gasteiger partial charge on any atom is 1.00 e. The summed E-state index contributed by atoms with van der Waals surface area (Å²) >= 11 is 12.1. The zero-order chi connectivity index (χ0) is 20.2. The molecule has 1 heterocycles. The summed E-state index contributed by atoms with van der Waals surface area (Å²) in [6.07, 6.45) is 1.53. The van der Waals surface area contributed by atoms with Crippen LogP contribution in [0, 0.1) is 0 Å². The minimum absolute atomic E-state index is 0. The predicted octanol–water partition coefficient (Wildman–Crippen LogP) is 3.23. The molecule has 0 spiro atoms. The quantitative estimate of drug-likeness (QED) is 0.425. The molecule has 30 heavy (non-hydrogen) atoms. The number of hydrogen-bond donors (Lipinski definition) is 1. The number of benzene rings is 3. The Bertz CT molecular complexity index is 1140. The number of aryl methyl sites for hydroxylation is 1. The molecule has 3 aromatic carbocycles. The van der Waals surface area contributed by atoms with Crippen molar-refractivity contribution in [3.63, 3.8) is 0 Å². The monoisotopic (exact) mass is 466 g/mol. The van der Waals surface area contributed by atoms with E-state index in [2.05, 4.69) is 6.07 Å². The van der Waals surface area contributed by atoms with Gasteiger partial charge in [-0.1, -0.05) is 47.5 Å². The van der Waals surface area contributed by atoms with E-state index >= 15 is 0 Å². The van der Waals surface area contributed by atoms with E-state index in [0.717, 1.165) is 35.0 Å². The van der Waals surface area contributed by atoms with Crippen molar-refractivity contribution in [3.05, 3.63) is 87.9 Å². The minimum atomic E-state index is 0. The molecular weight excluding hydrogens is 446 g/mol. The normalized spacial score (nSPS) is 10.8. The van der Waals surface area contributed by atoms with Gasteiger partial charge in [-0.2, -0.15) is 4.98 Å². The van der Waals surface area contributed by atoms with Gasteiger partial charge in [-0.15, -0.1) is 0 Å². The second-order valence-electron chi connectivity index (χ2n) is 6.82. The molecule has 7 heteroatoms. The van der Waals surface area contributed by atoms with Crippen molar-refractivity contribution in [2.75, 3.05) is 6.61 Å². The van der Waals surface area contributed by atoms with Gasteiger partial charge in [-0.05, 0) is 66.4 Å². The molecule has 1 N–H and O–H groups in total. The summed E-state index contributed by atoms with van der Waals surface area (Å²) in [4.78, 5) is 4.69. The number of ether oxygens (including phenoxy) is 1. The molecule has 0 fully saturated rings. The van der Waals surface area contributed by atoms with Crippen LogP contribution in [-0.4, -0.2) is 21.3 Å². The summed E-state index contributed by atoms with van der Waals surface area (Å²) < 4.78 is 8.14. The number of aliphatic hydroxyl groups excluding tert-OH is 1. The zero-order valence-electron chi connectivity index (χ0n) is 17.7. The number of hydrogen-bond acceptors (Lipinski definition) is 3. The van der Waals surface area contributed by atoms with Crippen molar-refractivity contribution in [1.29, 1.82) is 0 Å². The van der Waals surface area contributed by atoms with E-state index in [-0.39, 0.29) is 59.4 Å². The van der Waals surface area contributed by atoms with Gasteiger partial charge in [0.05, 0.1) is 17.6 Å². The van der Waals surface area contributed by atoms with Crippen LogP contribution in [-0.2, 0) is 13.0 Å².